The summed E-state index contributed by atoms with van der Waals surface area (Å²) in [4.78, 5) is 9.54. The molecule has 192 valence electrons. The van der Waals surface area contributed by atoms with E-state index in [1.807, 2.05) is 24.3 Å². The first kappa shape index (κ1) is 24.6. The van der Waals surface area contributed by atoms with E-state index in [-0.39, 0.29) is 19.1 Å². The lowest BCUT2D eigenvalue weighted by atomic mass is 9.97. The van der Waals surface area contributed by atoms with Gasteiger partial charge in [-0.1, -0.05) is 43.9 Å². The molecule has 35 heavy (non-hydrogen) atoms. The van der Waals surface area contributed by atoms with Crippen LogP contribution >= 0.6 is 0 Å². The van der Waals surface area contributed by atoms with Gasteiger partial charge in [-0.2, -0.15) is 30.2 Å². The number of H-pyrrole nitrogens is 1. The molecule has 3 aliphatic rings. The standard InChI is InChI=1S/C24H32F3N5O2S/c25-24(26,27)20-13-31(14-20)35(33,34)30-12-19-7-3-4-8-23(19)32(15-21-11-28-17-29-21)22(16-30)10-9-18-5-1-2-6-18/h3-4,7-8,11,17-18,20,22H,1-2,5-6,9-10,12-16H2,(H,28,29). The van der Waals surface area contributed by atoms with Crippen LogP contribution in [0.2, 0.25) is 0 Å². The van der Waals surface area contributed by atoms with Gasteiger partial charge in [0, 0.05) is 44.1 Å². The Balaban J connectivity index is 1.43. The fourth-order valence-corrected chi connectivity index (χ4v) is 7.35. The third kappa shape index (κ3) is 5.22. The van der Waals surface area contributed by atoms with Crippen LogP contribution in [0.5, 0.6) is 0 Å². The number of para-hydroxylation sites is 1. The Morgan fingerprint density at radius 3 is 2.46 bits per heavy atom. The van der Waals surface area contributed by atoms with Crippen molar-refractivity contribution < 1.29 is 21.6 Å². The molecule has 0 spiro atoms. The van der Waals surface area contributed by atoms with Crippen molar-refractivity contribution >= 4 is 15.9 Å². The maximum Gasteiger partial charge on any atom is 0.394 e. The number of halogens is 3. The number of nitrogens with zero attached hydrogens (tertiary/aromatic N) is 4. The molecule has 1 aromatic heterocycles. The molecule has 1 unspecified atom stereocenters. The highest BCUT2D eigenvalue weighted by molar-refractivity contribution is 7.86. The number of fused-ring (bicyclic) bond motifs is 1. The molecular formula is C24H32F3N5O2S. The van der Waals surface area contributed by atoms with Gasteiger partial charge in [0.05, 0.1) is 24.5 Å². The van der Waals surface area contributed by atoms with Crippen LogP contribution in [0.25, 0.3) is 0 Å². The van der Waals surface area contributed by atoms with Crippen LogP contribution < -0.4 is 4.90 Å². The molecule has 1 N–H and O–H groups in total. The molecule has 1 aliphatic carbocycles. The van der Waals surface area contributed by atoms with Gasteiger partial charge < -0.3 is 9.88 Å². The zero-order chi connectivity index (χ0) is 24.6. The molecule has 1 saturated heterocycles. The highest BCUT2D eigenvalue weighted by Gasteiger charge is 2.52. The first-order valence-corrected chi connectivity index (χ1v) is 13.7. The molecule has 1 saturated carbocycles. The van der Waals surface area contributed by atoms with Crippen LogP contribution in [0.4, 0.5) is 18.9 Å². The molecule has 5 rings (SSSR count). The lowest BCUT2D eigenvalue weighted by Gasteiger charge is -2.42. The third-order valence-electron chi connectivity index (χ3n) is 7.74. The van der Waals surface area contributed by atoms with Crippen molar-refractivity contribution in [3.63, 3.8) is 0 Å². The van der Waals surface area contributed by atoms with Crippen LogP contribution in [0.15, 0.2) is 36.8 Å². The molecular weight excluding hydrogens is 479 g/mol. The molecule has 3 heterocycles. The van der Waals surface area contributed by atoms with Crippen molar-refractivity contribution in [1.82, 2.24) is 18.6 Å². The number of benzene rings is 1. The van der Waals surface area contributed by atoms with Gasteiger partial charge >= 0.3 is 6.18 Å². The minimum Gasteiger partial charge on any atom is -0.361 e. The molecule has 1 aromatic carbocycles. The average molecular weight is 512 g/mol. The van der Waals surface area contributed by atoms with Gasteiger partial charge in [0.25, 0.3) is 10.2 Å². The number of aromatic nitrogens is 2. The van der Waals surface area contributed by atoms with E-state index in [1.54, 1.807) is 12.5 Å². The highest BCUT2D eigenvalue weighted by Crippen LogP contribution is 2.38. The molecule has 0 radical (unpaired) electrons. The summed E-state index contributed by atoms with van der Waals surface area (Å²) in [7, 11) is -4.02. The van der Waals surface area contributed by atoms with Gasteiger partial charge in [0.1, 0.15) is 0 Å². The van der Waals surface area contributed by atoms with Gasteiger partial charge in [0.15, 0.2) is 0 Å². The van der Waals surface area contributed by atoms with Crippen molar-refractivity contribution in [3.8, 4) is 0 Å². The highest BCUT2D eigenvalue weighted by atomic mass is 32.2. The largest absolute Gasteiger partial charge is 0.394 e. The normalized spacial score (nSPS) is 23.3. The van der Waals surface area contributed by atoms with E-state index in [0.717, 1.165) is 34.1 Å². The number of aromatic amines is 1. The number of anilines is 1. The number of hydrogen-bond acceptors (Lipinski definition) is 4. The minimum absolute atomic E-state index is 0.1000. The van der Waals surface area contributed by atoms with E-state index in [2.05, 4.69) is 14.9 Å². The number of hydrogen-bond donors (Lipinski definition) is 1. The summed E-state index contributed by atoms with van der Waals surface area (Å²) in [5, 5.41) is 0. The Hall–Kier alpha value is -2.11. The maximum absolute atomic E-state index is 13.5. The zero-order valence-electron chi connectivity index (χ0n) is 19.6. The zero-order valence-corrected chi connectivity index (χ0v) is 20.4. The average Bonchev–Trinajstić information content (AvgIpc) is 3.44. The van der Waals surface area contributed by atoms with E-state index in [0.29, 0.717) is 12.5 Å². The van der Waals surface area contributed by atoms with Crippen LogP contribution in [-0.2, 0) is 23.3 Å². The van der Waals surface area contributed by atoms with Gasteiger partial charge in [0.2, 0.25) is 0 Å². The molecule has 11 heteroatoms. The van der Waals surface area contributed by atoms with E-state index < -0.39 is 35.4 Å². The fraction of sp³-hybridized carbons (Fsp3) is 0.625. The van der Waals surface area contributed by atoms with E-state index >= 15 is 0 Å². The van der Waals surface area contributed by atoms with Gasteiger partial charge in [-0.05, 0) is 30.4 Å². The lowest BCUT2D eigenvalue weighted by molar-refractivity contribution is -0.198. The second kappa shape index (κ2) is 9.74. The van der Waals surface area contributed by atoms with Crippen molar-refractivity contribution in [2.75, 3.05) is 24.5 Å². The second-order valence-corrected chi connectivity index (χ2v) is 12.0. The van der Waals surface area contributed by atoms with Gasteiger partial charge in [-0.15, -0.1) is 0 Å². The first-order chi connectivity index (χ1) is 16.7. The summed E-state index contributed by atoms with van der Waals surface area (Å²) in [5.41, 5.74) is 2.75. The van der Waals surface area contributed by atoms with E-state index in [4.69, 9.17) is 0 Å². The van der Waals surface area contributed by atoms with Crippen LogP contribution in [0.1, 0.15) is 49.8 Å². The summed E-state index contributed by atoms with van der Waals surface area (Å²) in [6.07, 6.45) is 5.76. The number of alkyl halides is 3. The van der Waals surface area contributed by atoms with Crippen molar-refractivity contribution in [2.24, 2.45) is 11.8 Å². The molecule has 1 atom stereocenters. The molecule has 2 aromatic rings. The Kier molecular flexibility index (Phi) is 6.84. The van der Waals surface area contributed by atoms with Gasteiger partial charge in [-0.25, -0.2) is 4.98 Å². The van der Waals surface area contributed by atoms with Crippen molar-refractivity contribution in [3.05, 3.63) is 48.0 Å². The molecule has 2 fully saturated rings. The molecule has 0 amide bonds. The SMILES string of the molecule is O=S(=O)(N1Cc2ccccc2N(Cc2cnc[nH]2)C(CCC2CCCC2)C1)N1CC(C(F)(F)F)C1. The molecule has 2 aliphatic heterocycles. The summed E-state index contributed by atoms with van der Waals surface area (Å²) in [6, 6.07) is 7.64. The maximum atomic E-state index is 13.5. The molecule has 7 nitrogen and oxygen atoms in total. The van der Waals surface area contributed by atoms with E-state index in [9.17, 15) is 21.6 Å². The summed E-state index contributed by atoms with van der Waals surface area (Å²) >= 11 is 0. The van der Waals surface area contributed by atoms with E-state index in [1.165, 1.54) is 30.0 Å². The predicted molar refractivity (Wildman–Crippen MR) is 127 cm³/mol. The van der Waals surface area contributed by atoms with Gasteiger partial charge in [-0.3, -0.25) is 0 Å². The van der Waals surface area contributed by atoms with Crippen LogP contribution in [-0.4, -0.2) is 58.8 Å². The first-order valence-electron chi connectivity index (χ1n) is 12.4. The summed E-state index contributed by atoms with van der Waals surface area (Å²) < 4.78 is 68.5. The Morgan fingerprint density at radius 1 is 1.03 bits per heavy atom. The lowest BCUT2D eigenvalue weighted by Crippen LogP contribution is -2.59. The quantitative estimate of drug-likeness (QED) is 0.601. The van der Waals surface area contributed by atoms with Crippen LogP contribution in [0, 0.1) is 11.8 Å². The number of rotatable bonds is 7. The van der Waals surface area contributed by atoms with Crippen molar-refractivity contribution in [2.45, 2.75) is 63.8 Å². The predicted octanol–water partition coefficient (Wildman–Crippen LogP) is 4.31. The second-order valence-electron chi connectivity index (χ2n) is 10.1. The fourth-order valence-electron chi connectivity index (χ4n) is 5.63. The number of imidazole rings is 1. The summed E-state index contributed by atoms with van der Waals surface area (Å²) in [5.74, 6) is -0.943. The van der Waals surface area contributed by atoms with Crippen molar-refractivity contribution in [1.29, 1.82) is 0 Å². The minimum atomic E-state index is -4.37. The Labute approximate surface area is 204 Å². The summed E-state index contributed by atoms with van der Waals surface area (Å²) in [6.45, 7) is -0.0700. The Bertz CT molecular complexity index is 1100. The smallest absolute Gasteiger partial charge is 0.361 e. The topological polar surface area (TPSA) is 72.5 Å². The third-order valence-corrected chi connectivity index (χ3v) is 9.63. The monoisotopic (exact) mass is 511 g/mol. The van der Waals surface area contributed by atoms with Crippen LogP contribution in [0.3, 0.4) is 0 Å². The number of nitrogens with one attached hydrogen (secondary N) is 1. The molecule has 0 bridgehead atoms. The Morgan fingerprint density at radius 2 is 1.77 bits per heavy atom.